The van der Waals surface area contributed by atoms with Gasteiger partial charge in [-0.1, -0.05) is 16.8 Å². The standard InChI is InChI=1S/C23H26ClF2N5O2S/c1-15-17(13-31(29-15)21-16(11-28-32-2)4-3-7-27-21)12-30-8-5-22(6-9-30)20-18(10-19(24)34-20)23(25,26)14-33-22/h3-4,7,10-11,13,18,20H,5-6,8-9,12,14H2,1-2H3/b28-11+. The molecule has 2 fully saturated rings. The number of piperidine rings is 1. The van der Waals surface area contributed by atoms with Crippen molar-refractivity contribution in [1.82, 2.24) is 19.7 Å². The number of aromatic nitrogens is 3. The van der Waals surface area contributed by atoms with E-state index >= 15 is 0 Å². The highest BCUT2D eigenvalue weighted by atomic mass is 35.5. The van der Waals surface area contributed by atoms with E-state index in [-0.39, 0.29) is 5.25 Å². The molecular formula is C23H26ClF2N5O2S. The van der Waals surface area contributed by atoms with E-state index in [0.29, 0.717) is 29.6 Å². The first-order valence-corrected chi connectivity index (χ1v) is 12.4. The second kappa shape index (κ2) is 9.22. The van der Waals surface area contributed by atoms with E-state index in [4.69, 9.17) is 21.2 Å². The Labute approximate surface area is 206 Å². The lowest BCUT2D eigenvalue weighted by Crippen LogP contribution is -2.61. The predicted molar refractivity (Wildman–Crippen MR) is 128 cm³/mol. The van der Waals surface area contributed by atoms with Crippen molar-refractivity contribution in [2.24, 2.45) is 11.1 Å². The van der Waals surface area contributed by atoms with Gasteiger partial charge in [0, 0.05) is 43.2 Å². The molecule has 2 aromatic rings. The number of alkyl halides is 2. The molecule has 0 saturated carbocycles. The Hall–Kier alpha value is -2.01. The third kappa shape index (κ3) is 4.36. The molecule has 1 spiro atoms. The van der Waals surface area contributed by atoms with Crippen LogP contribution in [0.25, 0.3) is 5.82 Å². The van der Waals surface area contributed by atoms with Gasteiger partial charge >= 0.3 is 0 Å². The van der Waals surface area contributed by atoms with E-state index in [1.54, 1.807) is 17.1 Å². The number of thioether (sulfide) groups is 1. The van der Waals surface area contributed by atoms with Crippen LogP contribution in [0.5, 0.6) is 0 Å². The van der Waals surface area contributed by atoms with E-state index < -0.39 is 24.0 Å². The molecule has 3 aliphatic rings. The second-order valence-electron chi connectivity index (χ2n) is 8.94. The van der Waals surface area contributed by atoms with Crippen LogP contribution in [0, 0.1) is 12.8 Å². The van der Waals surface area contributed by atoms with Crippen LogP contribution in [0.3, 0.4) is 0 Å². The summed E-state index contributed by atoms with van der Waals surface area (Å²) in [7, 11) is 1.49. The zero-order valence-electron chi connectivity index (χ0n) is 19.0. The monoisotopic (exact) mass is 509 g/mol. The minimum atomic E-state index is -2.87. The molecule has 0 radical (unpaired) electrons. The molecule has 182 valence electrons. The Morgan fingerprint density at radius 3 is 2.94 bits per heavy atom. The van der Waals surface area contributed by atoms with E-state index in [0.717, 1.165) is 29.9 Å². The molecule has 2 unspecified atom stereocenters. The third-order valence-electron chi connectivity index (χ3n) is 6.86. The number of hydrogen-bond acceptors (Lipinski definition) is 7. The van der Waals surface area contributed by atoms with Crippen molar-refractivity contribution in [3.63, 3.8) is 0 Å². The highest BCUT2D eigenvalue weighted by molar-refractivity contribution is 8.05. The average Bonchev–Trinajstić information content (AvgIpc) is 3.41. The number of pyridine rings is 1. The molecule has 0 aromatic carbocycles. The summed E-state index contributed by atoms with van der Waals surface area (Å²) in [6.45, 7) is 3.66. The molecule has 0 amide bonds. The van der Waals surface area contributed by atoms with Gasteiger partial charge in [-0.2, -0.15) is 5.10 Å². The number of likely N-dealkylation sites (tertiary alicyclic amines) is 1. The lowest BCUT2D eigenvalue weighted by molar-refractivity contribution is -0.215. The molecule has 0 aliphatic carbocycles. The van der Waals surface area contributed by atoms with Crippen LogP contribution in [-0.2, 0) is 16.1 Å². The van der Waals surface area contributed by atoms with Gasteiger partial charge in [0.1, 0.15) is 13.7 Å². The summed E-state index contributed by atoms with van der Waals surface area (Å²) in [6.07, 6.45) is 8.21. The fourth-order valence-corrected chi connectivity index (χ4v) is 6.82. The Balaban J connectivity index is 1.28. The molecule has 2 saturated heterocycles. The number of hydrogen-bond donors (Lipinski definition) is 0. The van der Waals surface area contributed by atoms with Gasteiger partial charge < -0.3 is 9.57 Å². The molecule has 11 heteroatoms. The smallest absolute Gasteiger partial charge is 0.278 e. The van der Waals surface area contributed by atoms with E-state index in [9.17, 15) is 8.78 Å². The van der Waals surface area contributed by atoms with Gasteiger partial charge in [0.05, 0.1) is 33.0 Å². The predicted octanol–water partition coefficient (Wildman–Crippen LogP) is 4.37. The fraction of sp³-hybridized carbons (Fsp3) is 0.522. The number of halogens is 3. The van der Waals surface area contributed by atoms with Gasteiger partial charge in [-0.15, -0.1) is 11.8 Å². The first kappa shape index (κ1) is 23.7. The summed E-state index contributed by atoms with van der Waals surface area (Å²) in [6, 6.07) is 3.73. The van der Waals surface area contributed by atoms with Crippen molar-refractivity contribution in [3.8, 4) is 5.82 Å². The van der Waals surface area contributed by atoms with E-state index in [2.05, 4.69) is 20.1 Å². The molecule has 2 aromatic heterocycles. The summed E-state index contributed by atoms with van der Waals surface area (Å²) in [4.78, 5) is 11.6. The molecule has 7 nitrogen and oxygen atoms in total. The summed E-state index contributed by atoms with van der Waals surface area (Å²) < 4.78 is 37.0. The molecule has 34 heavy (non-hydrogen) atoms. The lowest BCUT2D eigenvalue weighted by Gasteiger charge is -2.51. The number of allylic oxidation sites excluding steroid dienone is 1. The van der Waals surface area contributed by atoms with Crippen molar-refractivity contribution in [2.75, 3.05) is 26.8 Å². The van der Waals surface area contributed by atoms with Crippen LogP contribution in [0.1, 0.15) is 29.7 Å². The molecular weight excluding hydrogens is 484 g/mol. The highest BCUT2D eigenvalue weighted by Crippen LogP contribution is 2.56. The van der Waals surface area contributed by atoms with Crippen LogP contribution in [0.2, 0.25) is 0 Å². The quantitative estimate of drug-likeness (QED) is 0.440. The summed E-state index contributed by atoms with van der Waals surface area (Å²) in [5.41, 5.74) is 2.23. The number of fused-ring (bicyclic) bond motifs is 2. The molecule has 5 rings (SSSR count). The van der Waals surface area contributed by atoms with Crippen LogP contribution in [0.4, 0.5) is 8.78 Å². The molecule has 2 atom stereocenters. The van der Waals surface area contributed by atoms with Crippen molar-refractivity contribution in [3.05, 3.63) is 51.8 Å². The van der Waals surface area contributed by atoms with Crippen molar-refractivity contribution in [2.45, 2.75) is 43.1 Å². The third-order valence-corrected chi connectivity index (χ3v) is 8.59. The Morgan fingerprint density at radius 1 is 1.38 bits per heavy atom. The van der Waals surface area contributed by atoms with Crippen LogP contribution >= 0.6 is 23.4 Å². The maximum atomic E-state index is 14.4. The van der Waals surface area contributed by atoms with Gasteiger partial charge in [-0.3, -0.25) is 4.90 Å². The Morgan fingerprint density at radius 2 is 2.18 bits per heavy atom. The zero-order chi connectivity index (χ0) is 23.9. The topological polar surface area (TPSA) is 64.8 Å². The number of oxime groups is 1. The summed E-state index contributed by atoms with van der Waals surface area (Å²) in [5.74, 6) is -3.07. The maximum absolute atomic E-state index is 14.4. The molecule has 0 N–H and O–H groups in total. The zero-order valence-corrected chi connectivity index (χ0v) is 20.5. The van der Waals surface area contributed by atoms with Gasteiger partial charge in [-0.25, -0.2) is 18.4 Å². The van der Waals surface area contributed by atoms with Gasteiger partial charge in [-0.05, 0) is 38.0 Å². The maximum Gasteiger partial charge on any atom is 0.278 e. The van der Waals surface area contributed by atoms with Gasteiger partial charge in [0.15, 0.2) is 5.82 Å². The first-order chi connectivity index (χ1) is 16.3. The number of aryl methyl sites for hydroxylation is 1. The van der Waals surface area contributed by atoms with Gasteiger partial charge in [0.25, 0.3) is 5.92 Å². The average molecular weight is 510 g/mol. The van der Waals surface area contributed by atoms with Crippen LogP contribution < -0.4 is 0 Å². The van der Waals surface area contributed by atoms with E-state index in [1.807, 2.05) is 25.3 Å². The summed E-state index contributed by atoms with van der Waals surface area (Å²) >= 11 is 7.49. The minimum Gasteiger partial charge on any atom is -0.399 e. The lowest BCUT2D eigenvalue weighted by atomic mass is 9.77. The minimum absolute atomic E-state index is 0.341. The highest BCUT2D eigenvalue weighted by Gasteiger charge is 2.60. The first-order valence-electron chi connectivity index (χ1n) is 11.2. The molecule has 0 bridgehead atoms. The van der Waals surface area contributed by atoms with Crippen molar-refractivity contribution in [1.29, 1.82) is 0 Å². The number of rotatable bonds is 5. The molecule has 5 heterocycles. The largest absolute Gasteiger partial charge is 0.399 e. The van der Waals surface area contributed by atoms with E-state index in [1.165, 1.54) is 24.9 Å². The summed E-state index contributed by atoms with van der Waals surface area (Å²) in [5, 5.41) is 8.16. The molecule has 3 aliphatic heterocycles. The Kier molecular flexibility index (Phi) is 6.43. The normalized spacial score (nSPS) is 26.1. The Bertz CT molecular complexity index is 1120. The number of nitrogens with zero attached hydrogens (tertiary/aromatic N) is 5. The van der Waals surface area contributed by atoms with Crippen molar-refractivity contribution < 1.29 is 18.4 Å². The van der Waals surface area contributed by atoms with Gasteiger partial charge in [0.2, 0.25) is 0 Å². The van der Waals surface area contributed by atoms with Crippen LogP contribution in [0.15, 0.2) is 40.1 Å². The second-order valence-corrected chi connectivity index (χ2v) is 10.8. The fourth-order valence-electron chi connectivity index (χ4n) is 4.99. The van der Waals surface area contributed by atoms with Crippen LogP contribution in [-0.4, -0.2) is 69.5 Å². The SMILES string of the molecule is CO/N=C/c1cccnc1-n1cc(CN2CCC3(CC2)OCC(F)(F)C2C=C(Cl)SC23)c(C)n1. The number of ether oxygens (including phenoxy) is 1. The van der Waals surface area contributed by atoms with Crippen molar-refractivity contribution >= 4 is 29.6 Å².